The molecule has 1 heterocycles. The predicted molar refractivity (Wildman–Crippen MR) is 122 cm³/mol. The van der Waals surface area contributed by atoms with E-state index in [4.69, 9.17) is 27.9 Å². The van der Waals surface area contributed by atoms with Gasteiger partial charge >= 0.3 is 5.97 Å². The Labute approximate surface area is 191 Å². The normalized spacial score (nSPS) is 18.5. The Kier molecular flexibility index (Phi) is 6.49. The summed E-state index contributed by atoms with van der Waals surface area (Å²) in [6.45, 7) is 2.09. The maximum Gasteiger partial charge on any atom is 0.336 e. The van der Waals surface area contributed by atoms with E-state index in [9.17, 15) is 9.59 Å². The van der Waals surface area contributed by atoms with Gasteiger partial charge in [-0.2, -0.15) is 0 Å². The molecular weight excluding hydrogens is 433 g/mol. The van der Waals surface area contributed by atoms with Crippen LogP contribution in [-0.4, -0.2) is 18.4 Å². The number of hydrogen-bond acceptors (Lipinski definition) is 4. The van der Waals surface area contributed by atoms with Crippen LogP contribution in [0.3, 0.4) is 0 Å². The monoisotopic (exact) mass is 455 g/mol. The Hall–Kier alpha value is -2.56. The number of rotatable bonds is 5. The summed E-state index contributed by atoms with van der Waals surface area (Å²) in [5, 5.41) is 4.21. The van der Waals surface area contributed by atoms with Crippen molar-refractivity contribution in [2.45, 2.75) is 38.5 Å². The highest BCUT2D eigenvalue weighted by Gasteiger charge is 2.39. The zero-order valence-electron chi connectivity index (χ0n) is 17.2. The van der Waals surface area contributed by atoms with Crippen LogP contribution in [0.25, 0.3) is 0 Å². The van der Waals surface area contributed by atoms with Gasteiger partial charge in [-0.3, -0.25) is 4.79 Å². The lowest BCUT2D eigenvalue weighted by molar-refractivity contribution is -0.139. The lowest BCUT2D eigenvalue weighted by atomic mass is 9.75. The van der Waals surface area contributed by atoms with E-state index in [0.717, 1.165) is 24.1 Å². The zero-order valence-corrected chi connectivity index (χ0v) is 18.7. The van der Waals surface area contributed by atoms with Crippen molar-refractivity contribution in [1.29, 1.82) is 0 Å². The smallest absolute Gasteiger partial charge is 0.336 e. The van der Waals surface area contributed by atoms with Gasteiger partial charge in [0.25, 0.3) is 0 Å². The number of carbonyl (C=O) groups is 2. The first-order chi connectivity index (χ1) is 15.0. The van der Waals surface area contributed by atoms with Crippen molar-refractivity contribution in [2.75, 3.05) is 6.61 Å². The minimum Gasteiger partial charge on any atom is -0.462 e. The van der Waals surface area contributed by atoms with Crippen LogP contribution in [0.1, 0.15) is 43.2 Å². The second-order valence-electron chi connectivity index (χ2n) is 7.80. The third kappa shape index (κ3) is 4.56. The number of Topliss-reactive ketones (excluding diaryl/α,β-unsaturated/α-hetero) is 1. The number of halogens is 2. The first kappa shape index (κ1) is 21.7. The number of hydrogen-bond donors (Lipinski definition) is 1. The molecule has 0 aromatic heterocycles. The number of carbonyl (C=O) groups excluding carboxylic acids is 2. The molecule has 0 unspecified atom stereocenters. The van der Waals surface area contributed by atoms with Crippen LogP contribution in [0.2, 0.25) is 10.0 Å². The van der Waals surface area contributed by atoms with Gasteiger partial charge in [-0.25, -0.2) is 4.79 Å². The average Bonchev–Trinajstić information content (AvgIpc) is 2.74. The molecule has 0 bridgehead atoms. The number of nitrogens with one attached hydrogen (secondary N) is 1. The van der Waals surface area contributed by atoms with Gasteiger partial charge in [0.1, 0.15) is 0 Å². The quantitative estimate of drug-likeness (QED) is 0.583. The Morgan fingerprint density at radius 1 is 1.13 bits per heavy atom. The minimum absolute atomic E-state index is 0.0341. The molecule has 1 aliphatic carbocycles. The molecule has 2 aromatic carbocycles. The van der Waals surface area contributed by atoms with Gasteiger partial charge in [-0.05, 0) is 43.0 Å². The van der Waals surface area contributed by atoms with E-state index in [-0.39, 0.29) is 12.4 Å². The van der Waals surface area contributed by atoms with Gasteiger partial charge in [0.15, 0.2) is 5.78 Å². The van der Waals surface area contributed by atoms with Crippen molar-refractivity contribution in [3.05, 3.63) is 92.2 Å². The number of esters is 1. The summed E-state index contributed by atoms with van der Waals surface area (Å²) in [5.74, 6) is -0.980. The van der Waals surface area contributed by atoms with Gasteiger partial charge in [0, 0.05) is 45.8 Å². The maximum atomic E-state index is 13.2. The summed E-state index contributed by atoms with van der Waals surface area (Å²) < 4.78 is 5.65. The molecule has 31 heavy (non-hydrogen) atoms. The SMILES string of the molecule is CC1=C(C(=O)OCCc2ccccc2)[C@H](c2ccc(Cl)cc2Cl)C2=C(CCCC2=O)N1. The molecule has 0 radical (unpaired) electrons. The van der Waals surface area contributed by atoms with E-state index in [1.54, 1.807) is 18.2 Å². The van der Waals surface area contributed by atoms with Crippen LogP contribution in [0.15, 0.2) is 71.1 Å². The fourth-order valence-corrected chi connectivity index (χ4v) is 4.80. The molecule has 4 rings (SSSR count). The van der Waals surface area contributed by atoms with Crippen LogP contribution in [0, 0.1) is 0 Å². The minimum atomic E-state index is -0.571. The van der Waals surface area contributed by atoms with Crippen LogP contribution < -0.4 is 5.32 Å². The number of dihydropyridines is 1. The molecule has 1 aliphatic heterocycles. The molecule has 1 atom stereocenters. The molecule has 2 aromatic rings. The molecule has 6 heteroatoms. The molecule has 0 fully saturated rings. The standard InChI is InChI=1S/C25H23Cl2NO3/c1-15-22(25(30)31-13-12-16-6-3-2-4-7-16)23(18-11-10-17(26)14-19(18)27)24-20(28-15)8-5-9-21(24)29/h2-4,6-7,10-11,14,23,28H,5,8-9,12-13H2,1H3/t23-/m0/s1. The van der Waals surface area contributed by atoms with Crippen molar-refractivity contribution in [3.8, 4) is 0 Å². The van der Waals surface area contributed by atoms with E-state index >= 15 is 0 Å². The summed E-state index contributed by atoms with van der Waals surface area (Å²) in [4.78, 5) is 26.1. The summed E-state index contributed by atoms with van der Waals surface area (Å²) >= 11 is 12.6. The number of ketones is 1. The van der Waals surface area contributed by atoms with Crippen LogP contribution in [0.4, 0.5) is 0 Å². The second kappa shape index (κ2) is 9.29. The van der Waals surface area contributed by atoms with Crippen LogP contribution >= 0.6 is 23.2 Å². The topological polar surface area (TPSA) is 55.4 Å². The summed E-state index contributed by atoms with van der Waals surface area (Å²) in [6, 6.07) is 15.0. The fraction of sp³-hybridized carbons (Fsp3) is 0.280. The Morgan fingerprint density at radius 3 is 2.65 bits per heavy atom. The largest absolute Gasteiger partial charge is 0.462 e. The zero-order chi connectivity index (χ0) is 22.0. The van der Waals surface area contributed by atoms with Crippen LogP contribution in [0.5, 0.6) is 0 Å². The molecule has 1 N–H and O–H groups in total. The highest BCUT2D eigenvalue weighted by Crippen LogP contribution is 2.44. The molecule has 0 saturated heterocycles. The van der Waals surface area contributed by atoms with E-state index in [2.05, 4.69) is 5.32 Å². The second-order valence-corrected chi connectivity index (χ2v) is 8.65. The Balaban J connectivity index is 1.67. The molecular formula is C25H23Cl2NO3. The highest BCUT2D eigenvalue weighted by molar-refractivity contribution is 6.35. The predicted octanol–water partition coefficient (Wildman–Crippen LogP) is 5.75. The Bertz CT molecular complexity index is 1090. The number of ether oxygens (including phenoxy) is 1. The van der Waals surface area contributed by atoms with Gasteiger partial charge in [-0.1, -0.05) is 59.6 Å². The molecule has 160 valence electrons. The molecule has 4 nitrogen and oxygen atoms in total. The number of benzene rings is 2. The lowest BCUT2D eigenvalue weighted by Crippen LogP contribution is -2.34. The van der Waals surface area contributed by atoms with E-state index < -0.39 is 11.9 Å². The maximum absolute atomic E-state index is 13.2. The van der Waals surface area contributed by atoms with Crippen molar-refractivity contribution in [2.24, 2.45) is 0 Å². The van der Waals surface area contributed by atoms with Gasteiger partial charge in [0.05, 0.1) is 12.2 Å². The first-order valence-electron chi connectivity index (χ1n) is 10.4. The third-order valence-corrected chi connectivity index (χ3v) is 6.30. The molecule has 0 saturated carbocycles. The highest BCUT2D eigenvalue weighted by atomic mass is 35.5. The molecule has 0 amide bonds. The van der Waals surface area contributed by atoms with Gasteiger partial charge in [0.2, 0.25) is 0 Å². The van der Waals surface area contributed by atoms with Gasteiger partial charge in [-0.15, -0.1) is 0 Å². The molecule has 2 aliphatic rings. The third-order valence-electron chi connectivity index (χ3n) is 5.74. The summed E-state index contributed by atoms with van der Waals surface area (Å²) in [7, 11) is 0. The lowest BCUT2D eigenvalue weighted by Gasteiger charge is -2.34. The van der Waals surface area contributed by atoms with Crippen molar-refractivity contribution < 1.29 is 14.3 Å². The number of allylic oxidation sites excluding steroid dienone is 3. The van der Waals surface area contributed by atoms with Crippen molar-refractivity contribution in [3.63, 3.8) is 0 Å². The van der Waals surface area contributed by atoms with Crippen LogP contribution in [-0.2, 0) is 20.7 Å². The summed E-state index contributed by atoms with van der Waals surface area (Å²) in [6.07, 6.45) is 2.62. The molecule has 0 spiro atoms. The van der Waals surface area contributed by atoms with E-state index in [0.29, 0.717) is 45.3 Å². The van der Waals surface area contributed by atoms with Gasteiger partial charge < -0.3 is 10.1 Å². The van der Waals surface area contributed by atoms with Crippen molar-refractivity contribution in [1.82, 2.24) is 5.32 Å². The average molecular weight is 456 g/mol. The van der Waals surface area contributed by atoms with E-state index in [1.807, 2.05) is 37.3 Å². The van der Waals surface area contributed by atoms with E-state index in [1.165, 1.54) is 0 Å². The fourth-order valence-electron chi connectivity index (χ4n) is 4.28. The summed E-state index contributed by atoms with van der Waals surface area (Å²) in [5.41, 5.74) is 4.36. The first-order valence-corrected chi connectivity index (χ1v) is 11.1. The van der Waals surface area contributed by atoms with Crippen molar-refractivity contribution >= 4 is 35.0 Å². The Morgan fingerprint density at radius 2 is 1.90 bits per heavy atom.